The van der Waals surface area contributed by atoms with E-state index in [0.717, 1.165) is 14.9 Å². The normalized spacial score (nSPS) is 11.3. The van der Waals surface area contributed by atoms with Crippen molar-refractivity contribution in [2.45, 2.75) is 15.5 Å². The molecule has 3 rings (SSSR count). The van der Waals surface area contributed by atoms with E-state index in [2.05, 4.69) is 15.8 Å². The first kappa shape index (κ1) is 22.9. The van der Waals surface area contributed by atoms with Gasteiger partial charge in [0.25, 0.3) is 11.8 Å². The van der Waals surface area contributed by atoms with Gasteiger partial charge in [-0.3, -0.25) is 20.4 Å². The molecule has 0 saturated heterocycles. The minimum absolute atomic E-state index is 0.0136. The number of hydrazine groups is 1. The molecule has 0 spiro atoms. The van der Waals surface area contributed by atoms with Crippen LogP contribution in [0.1, 0.15) is 26.4 Å². The summed E-state index contributed by atoms with van der Waals surface area (Å²) >= 11 is 2.98. The van der Waals surface area contributed by atoms with E-state index in [-0.39, 0.29) is 10.5 Å². The van der Waals surface area contributed by atoms with Gasteiger partial charge < -0.3 is 0 Å². The largest absolute Gasteiger partial charge is 0.270 e. The fourth-order valence-corrected chi connectivity index (χ4v) is 5.07. The monoisotopic (exact) mass is 476 g/mol. The summed E-state index contributed by atoms with van der Waals surface area (Å²) in [5.41, 5.74) is 7.91. The van der Waals surface area contributed by atoms with E-state index in [9.17, 15) is 18.0 Å². The number of carbonyl (C=O) groups is 2. The first-order chi connectivity index (χ1) is 14.8. The molecular weight excluding hydrogens is 456 g/mol. The average Bonchev–Trinajstić information content (AvgIpc) is 3.29. The van der Waals surface area contributed by atoms with Crippen molar-refractivity contribution in [2.24, 2.45) is 0 Å². The minimum Gasteiger partial charge on any atom is -0.267 e. The fourth-order valence-electron chi connectivity index (χ4n) is 2.50. The molecule has 0 radical (unpaired) electrons. The van der Waals surface area contributed by atoms with E-state index in [1.807, 2.05) is 17.5 Å². The van der Waals surface area contributed by atoms with Crippen molar-refractivity contribution in [3.05, 3.63) is 76.2 Å². The van der Waals surface area contributed by atoms with Gasteiger partial charge >= 0.3 is 0 Å². The van der Waals surface area contributed by atoms with Crippen LogP contribution in [0.5, 0.6) is 0 Å². The molecule has 2 amide bonds. The first-order valence-electron chi connectivity index (χ1n) is 9.01. The summed E-state index contributed by atoms with van der Waals surface area (Å²) in [4.78, 5) is 30.0. The summed E-state index contributed by atoms with van der Waals surface area (Å²) in [5, 5.41) is 1.94. The highest BCUT2D eigenvalue weighted by Crippen LogP contribution is 2.26. The predicted octanol–water partition coefficient (Wildman–Crippen LogP) is 2.76. The highest BCUT2D eigenvalue weighted by molar-refractivity contribution is 7.98. The van der Waals surface area contributed by atoms with E-state index >= 15 is 0 Å². The van der Waals surface area contributed by atoms with E-state index < -0.39 is 21.8 Å². The highest BCUT2D eigenvalue weighted by Gasteiger charge is 2.19. The third kappa shape index (κ3) is 5.70. The van der Waals surface area contributed by atoms with Gasteiger partial charge in [0, 0.05) is 35.7 Å². The van der Waals surface area contributed by atoms with Gasteiger partial charge in [-0.25, -0.2) is 17.7 Å². The van der Waals surface area contributed by atoms with E-state index in [0.29, 0.717) is 11.3 Å². The van der Waals surface area contributed by atoms with Crippen molar-refractivity contribution in [3.8, 4) is 0 Å². The lowest BCUT2D eigenvalue weighted by atomic mass is 10.2. The SMILES string of the molecule is CN(C)S(=O)(=O)c1cccc(C(=O)NNC(=O)c2ccccc2SCc2cscn2)c1. The van der Waals surface area contributed by atoms with Crippen LogP contribution in [0, 0.1) is 0 Å². The molecule has 2 aromatic carbocycles. The second kappa shape index (κ2) is 10.1. The van der Waals surface area contributed by atoms with Crippen LogP contribution in [0.3, 0.4) is 0 Å². The molecule has 3 aromatic rings. The smallest absolute Gasteiger partial charge is 0.267 e. The Bertz CT molecular complexity index is 1180. The Morgan fingerprint density at radius 1 is 1.06 bits per heavy atom. The Kier molecular flexibility index (Phi) is 7.44. The second-order valence-electron chi connectivity index (χ2n) is 6.49. The predicted molar refractivity (Wildman–Crippen MR) is 120 cm³/mol. The molecule has 0 bridgehead atoms. The van der Waals surface area contributed by atoms with E-state index in [1.165, 1.54) is 61.5 Å². The van der Waals surface area contributed by atoms with Gasteiger partial charge in [0.1, 0.15) is 0 Å². The number of thioether (sulfide) groups is 1. The molecule has 0 atom stereocenters. The number of carbonyl (C=O) groups excluding carboxylic acids is 2. The van der Waals surface area contributed by atoms with Crippen molar-refractivity contribution in [3.63, 3.8) is 0 Å². The summed E-state index contributed by atoms with van der Waals surface area (Å²) in [5.74, 6) is -0.489. The number of thiazole rings is 1. The number of aromatic nitrogens is 1. The lowest BCUT2D eigenvalue weighted by molar-refractivity contribution is 0.0845. The zero-order valence-electron chi connectivity index (χ0n) is 16.7. The highest BCUT2D eigenvalue weighted by atomic mass is 32.2. The van der Waals surface area contributed by atoms with Crippen molar-refractivity contribution >= 4 is 44.9 Å². The van der Waals surface area contributed by atoms with Gasteiger partial charge in [-0.15, -0.1) is 23.1 Å². The molecule has 8 nitrogen and oxygen atoms in total. The Balaban J connectivity index is 1.67. The van der Waals surface area contributed by atoms with Gasteiger partial charge in [-0.2, -0.15) is 0 Å². The number of amides is 2. The number of nitrogens with zero attached hydrogens (tertiary/aromatic N) is 2. The third-order valence-corrected chi connectivity index (χ3v) is 7.71. The zero-order chi connectivity index (χ0) is 22.4. The molecule has 0 aliphatic carbocycles. The molecule has 0 aliphatic heterocycles. The number of nitrogens with one attached hydrogen (secondary N) is 2. The minimum atomic E-state index is -3.68. The summed E-state index contributed by atoms with van der Waals surface area (Å²) < 4.78 is 25.6. The average molecular weight is 477 g/mol. The maximum atomic E-state index is 12.6. The molecule has 1 aromatic heterocycles. The fraction of sp³-hybridized carbons (Fsp3) is 0.150. The number of hydrogen-bond acceptors (Lipinski definition) is 7. The summed E-state index contributed by atoms with van der Waals surface area (Å²) in [6.45, 7) is 0. The van der Waals surface area contributed by atoms with Crippen LogP contribution in [-0.4, -0.2) is 43.6 Å². The molecule has 31 heavy (non-hydrogen) atoms. The maximum absolute atomic E-state index is 12.6. The van der Waals surface area contributed by atoms with Crippen molar-refractivity contribution in [2.75, 3.05) is 14.1 Å². The van der Waals surface area contributed by atoms with Gasteiger partial charge in [0.05, 0.1) is 21.7 Å². The first-order valence-corrected chi connectivity index (χ1v) is 12.4. The molecule has 0 aliphatic rings. The lowest BCUT2D eigenvalue weighted by Crippen LogP contribution is -2.41. The Morgan fingerprint density at radius 3 is 2.52 bits per heavy atom. The van der Waals surface area contributed by atoms with Gasteiger partial charge in [-0.05, 0) is 30.3 Å². The number of sulfonamides is 1. The summed E-state index contributed by atoms with van der Waals surface area (Å²) in [6, 6.07) is 12.6. The Morgan fingerprint density at radius 2 is 1.81 bits per heavy atom. The van der Waals surface area contributed by atoms with Crippen LogP contribution in [0.2, 0.25) is 0 Å². The topological polar surface area (TPSA) is 108 Å². The Labute approximate surface area is 188 Å². The second-order valence-corrected chi connectivity index (χ2v) is 10.4. The van der Waals surface area contributed by atoms with Crippen LogP contribution < -0.4 is 10.9 Å². The molecule has 0 unspecified atom stereocenters. The molecule has 0 fully saturated rings. The molecule has 2 N–H and O–H groups in total. The van der Waals surface area contributed by atoms with Gasteiger partial charge in [0.15, 0.2) is 0 Å². The summed E-state index contributed by atoms with van der Waals surface area (Å²) in [6.07, 6.45) is 0. The number of hydrogen-bond donors (Lipinski definition) is 2. The molecule has 162 valence electrons. The van der Waals surface area contributed by atoms with Gasteiger partial charge in [-0.1, -0.05) is 18.2 Å². The number of benzene rings is 2. The lowest BCUT2D eigenvalue weighted by Gasteiger charge is -2.13. The van der Waals surface area contributed by atoms with Crippen molar-refractivity contribution < 1.29 is 18.0 Å². The van der Waals surface area contributed by atoms with Gasteiger partial charge in [0.2, 0.25) is 10.0 Å². The Hall–Kier alpha value is -2.73. The van der Waals surface area contributed by atoms with E-state index in [4.69, 9.17) is 0 Å². The molecule has 0 saturated carbocycles. The van der Waals surface area contributed by atoms with Crippen LogP contribution in [0.25, 0.3) is 0 Å². The number of rotatable bonds is 7. The van der Waals surface area contributed by atoms with Crippen LogP contribution in [-0.2, 0) is 15.8 Å². The van der Waals surface area contributed by atoms with E-state index in [1.54, 1.807) is 17.6 Å². The molecular formula is C20H20N4O4S3. The van der Waals surface area contributed by atoms with Crippen molar-refractivity contribution in [1.82, 2.24) is 20.1 Å². The van der Waals surface area contributed by atoms with Crippen LogP contribution in [0.15, 0.2) is 69.2 Å². The standard InChI is InChI=1S/C20H20N4O4S3/c1-24(2)31(27,28)16-7-5-6-14(10-16)19(25)22-23-20(26)17-8-3-4-9-18(17)30-12-15-11-29-13-21-15/h3-11,13H,12H2,1-2H3,(H,22,25)(H,23,26). The maximum Gasteiger partial charge on any atom is 0.270 e. The third-order valence-electron chi connectivity index (χ3n) is 4.16. The van der Waals surface area contributed by atoms with Crippen LogP contribution >= 0.6 is 23.1 Å². The summed E-state index contributed by atoms with van der Waals surface area (Å²) in [7, 11) is -0.861. The molecule has 1 heterocycles. The quantitative estimate of drug-likeness (QED) is 0.401. The van der Waals surface area contributed by atoms with Crippen LogP contribution in [0.4, 0.5) is 0 Å². The zero-order valence-corrected chi connectivity index (χ0v) is 19.2. The van der Waals surface area contributed by atoms with Crippen molar-refractivity contribution in [1.29, 1.82) is 0 Å². The molecule has 11 heteroatoms.